The predicted octanol–water partition coefficient (Wildman–Crippen LogP) is 2.77. The molecule has 13 heavy (non-hydrogen) atoms. The lowest BCUT2D eigenvalue weighted by atomic mass is 10.3. The number of rotatable bonds is 1. The van der Waals surface area contributed by atoms with Crippen LogP contribution >= 0.6 is 11.3 Å². The maximum atomic E-state index is 4.32. The second kappa shape index (κ2) is 3.00. The van der Waals surface area contributed by atoms with Crippen LogP contribution in [0.4, 0.5) is 0 Å². The zero-order valence-electron chi connectivity index (χ0n) is 8.03. The normalized spacial score (nSPS) is 10.7. The number of hydrogen-bond acceptors (Lipinski definition) is 2. The average molecular weight is 192 g/mol. The van der Waals surface area contributed by atoms with Crippen molar-refractivity contribution in [2.45, 2.75) is 13.8 Å². The Morgan fingerprint density at radius 3 is 2.54 bits per heavy atom. The van der Waals surface area contributed by atoms with Crippen molar-refractivity contribution < 1.29 is 0 Å². The van der Waals surface area contributed by atoms with Crippen molar-refractivity contribution in [3.8, 4) is 10.6 Å². The third kappa shape index (κ3) is 1.52. The van der Waals surface area contributed by atoms with Gasteiger partial charge in [0.2, 0.25) is 0 Å². The largest absolute Gasteiger partial charge is 0.267 e. The van der Waals surface area contributed by atoms with Crippen LogP contribution in [0.25, 0.3) is 10.6 Å². The first-order chi connectivity index (χ1) is 6.16. The zero-order chi connectivity index (χ0) is 9.42. The van der Waals surface area contributed by atoms with Gasteiger partial charge in [0.05, 0.1) is 16.3 Å². The highest BCUT2D eigenvalue weighted by Gasteiger charge is 2.06. The summed E-state index contributed by atoms with van der Waals surface area (Å²) in [5.74, 6) is 0. The van der Waals surface area contributed by atoms with Crippen LogP contribution in [0.2, 0.25) is 0 Å². The molecule has 0 spiro atoms. The van der Waals surface area contributed by atoms with Crippen LogP contribution in [0.15, 0.2) is 18.2 Å². The molecule has 0 amide bonds. The molecule has 3 heteroatoms. The van der Waals surface area contributed by atoms with Gasteiger partial charge >= 0.3 is 0 Å². The highest BCUT2D eigenvalue weighted by molar-refractivity contribution is 7.15. The molecule has 0 saturated heterocycles. The van der Waals surface area contributed by atoms with E-state index in [0.29, 0.717) is 0 Å². The van der Waals surface area contributed by atoms with E-state index in [1.54, 1.807) is 0 Å². The van der Waals surface area contributed by atoms with Crippen molar-refractivity contribution in [1.29, 1.82) is 0 Å². The lowest BCUT2D eigenvalue weighted by Gasteiger charge is -1.95. The molecule has 0 aliphatic carbocycles. The summed E-state index contributed by atoms with van der Waals surface area (Å²) >= 11 is 1.81. The molecule has 0 atom stereocenters. The van der Waals surface area contributed by atoms with Gasteiger partial charge in [-0.3, -0.25) is 4.68 Å². The Bertz CT molecular complexity index is 426. The van der Waals surface area contributed by atoms with Crippen LogP contribution in [0.5, 0.6) is 0 Å². The quantitative estimate of drug-likeness (QED) is 0.679. The van der Waals surface area contributed by atoms with Crippen LogP contribution in [0.1, 0.15) is 10.6 Å². The minimum absolute atomic E-state index is 1.07. The van der Waals surface area contributed by atoms with Gasteiger partial charge < -0.3 is 0 Å². The molecule has 0 fully saturated rings. The summed E-state index contributed by atoms with van der Waals surface area (Å²) in [7, 11) is 1.98. The monoisotopic (exact) mass is 192 g/mol. The third-order valence-electron chi connectivity index (χ3n) is 1.99. The van der Waals surface area contributed by atoms with Crippen molar-refractivity contribution >= 4 is 11.3 Å². The van der Waals surface area contributed by atoms with Gasteiger partial charge in [-0.15, -0.1) is 11.3 Å². The van der Waals surface area contributed by atoms with Crippen molar-refractivity contribution in [3.05, 3.63) is 28.8 Å². The molecule has 68 valence electrons. The Morgan fingerprint density at radius 2 is 2.08 bits per heavy atom. The fourth-order valence-electron chi connectivity index (χ4n) is 1.41. The smallest absolute Gasteiger partial charge is 0.0781 e. The van der Waals surface area contributed by atoms with Crippen LogP contribution < -0.4 is 0 Å². The molecule has 0 aromatic carbocycles. The van der Waals surface area contributed by atoms with E-state index in [4.69, 9.17) is 0 Å². The third-order valence-corrected chi connectivity index (χ3v) is 3.02. The highest BCUT2D eigenvalue weighted by atomic mass is 32.1. The molecule has 0 bridgehead atoms. The zero-order valence-corrected chi connectivity index (χ0v) is 8.85. The molecule has 0 N–H and O–H groups in total. The molecule has 0 unspecified atom stereocenters. The van der Waals surface area contributed by atoms with Crippen molar-refractivity contribution in [2.75, 3.05) is 0 Å². The Kier molecular flexibility index (Phi) is 1.96. The van der Waals surface area contributed by atoms with E-state index in [9.17, 15) is 0 Å². The first-order valence-electron chi connectivity index (χ1n) is 4.24. The van der Waals surface area contributed by atoms with E-state index in [0.717, 1.165) is 5.69 Å². The van der Waals surface area contributed by atoms with E-state index in [2.05, 4.69) is 30.2 Å². The summed E-state index contributed by atoms with van der Waals surface area (Å²) < 4.78 is 1.93. The van der Waals surface area contributed by atoms with Gasteiger partial charge in [0.1, 0.15) is 0 Å². The molecule has 2 aromatic rings. The van der Waals surface area contributed by atoms with Crippen molar-refractivity contribution in [3.63, 3.8) is 0 Å². The lowest BCUT2D eigenvalue weighted by molar-refractivity contribution is 0.765. The molecule has 2 rings (SSSR count). The fourth-order valence-corrected chi connectivity index (χ4v) is 2.33. The second-order valence-electron chi connectivity index (χ2n) is 3.20. The average Bonchev–Trinajstić information content (AvgIpc) is 2.58. The van der Waals surface area contributed by atoms with E-state index in [1.807, 2.05) is 30.0 Å². The molecular formula is C10H12N2S. The molecule has 2 aromatic heterocycles. The van der Waals surface area contributed by atoms with Gasteiger partial charge in [0.25, 0.3) is 0 Å². The Morgan fingerprint density at radius 1 is 1.31 bits per heavy atom. The summed E-state index contributed by atoms with van der Waals surface area (Å²) in [6.07, 6.45) is 0. The molecule has 0 aliphatic rings. The Labute approximate surface area is 81.8 Å². The number of aromatic nitrogens is 2. The number of aryl methyl sites for hydroxylation is 3. The first-order valence-corrected chi connectivity index (χ1v) is 5.06. The van der Waals surface area contributed by atoms with E-state index in [-0.39, 0.29) is 0 Å². The number of thiophene rings is 1. The molecule has 2 nitrogen and oxygen atoms in total. The van der Waals surface area contributed by atoms with Crippen LogP contribution in [0.3, 0.4) is 0 Å². The highest BCUT2D eigenvalue weighted by Crippen LogP contribution is 2.27. The number of nitrogens with zero attached hydrogens (tertiary/aromatic N) is 2. The van der Waals surface area contributed by atoms with Crippen LogP contribution in [-0.4, -0.2) is 9.78 Å². The lowest BCUT2D eigenvalue weighted by Crippen LogP contribution is -1.91. The standard InChI is InChI=1S/C10H12N2S/c1-7-6-9(12(3)11-7)10-5-4-8(2)13-10/h4-6H,1-3H3. The van der Waals surface area contributed by atoms with Gasteiger partial charge in [-0.1, -0.05) is 0 Å². The molecule has 0 radical (unpaired) electrons. The summed E-state index contributed by atoms with van der Waals surface area (Å²) in [5, 5.41) is 4.32. The fraction of sp³-hybridized carbons (Fsp3) is 0.300. The maximum absolute atomic E-state index is 4.32. The van der Waals surface area contributed by atoms with E-state index < -0.39 is 0 Å². The summed E-state index contributed by atoms with van der Waals surface area (Å²) in [5.41, 5.74) is 2.28. The van der Waals surface area contributed by atoms with Crippen molar-refractivity contribution in [2.24, 2.45) is 7.05 Å². The second-order valence-corrected chi connectivity index (χ2v) is 4.49. The summed E-state index contributed by atoms with van der Waals surface area (Å²) in [6, 6.07) is 6.41. The molecule has 0 saturated carbocycles. The van der Waals surface area contributed by atoms with E-state index in [1.165, 1.54) is 15.4 Å². The maximum Gasteiger partial charge on any atom is 0.0781 e. The van der Waals surface area contributed by atoms with Crippen LogP contribution in [-0.2, 0) is 7.05 Å². The predicted molar refractivity (Wildman–Crippen MR) is 56.0 cm³/mol. The summed E-state index contributed by atoms with van der Waals surface area (Å²) in [6.45, 7) is 4.14. The van der Waals surface area contributed by atoms with Gasteiger partial charge in [-0.05, 0) is 32.0 Å². The minimum atomic E-state index is 1.07. The Balaban J connectivity index is 2.51. The molecule has 2 heterocycles. The van der Waals surface area contributed by atoms with Gasteiger partial charge in [0, 0.05) is 11.9 Å². The SMILES string of the molecule is Cc1cc(-c2ccc(C)s2)n(C)n1. The van der Waals surface area contributed by atoms with Gasteiger partial charge in [0.15, 0.2) is 0 Å². The van der Waals surface area contributed by atoms with Crippen LogP contribution in [0, 0.1) is 13.8 Å². The van der Waals surface area contributed by atoms with Gasteiger partial charge in [-0.25, -0.2) is 0 Å². The number of hydrogen-bond donors (Lipinski definition) is 0. The van der Waals surface area contributed by atoms with E-state index >= 15 is 0 Å². The minimum Gasteiger partial charge on any atom is -0.267 e. The summed E-state index contributed by atoms with van der Waals surface area (Å²) in [4.78, 5) is 2.63. The first kappa shape index (κ1) is 8.51. The molecular weight excluding hydrogens is 180 g/mol. The van der Waals surface area contributed by atoms with Gasteiger partial charge in [-0.2, -0.15) is 5.10 Å². The topological polar surface area (TPSA) is 17.8 Å². The van der Waals surface area contributed by atoms with Crippen molar-refractivity contribution in [1.82, 2.24) is 9.78 Å². The Hall–Kier alpha value is -1.09. The molecule has 0 aliphatic heterocycles.